The molecular formula is C14H25N3O. The lowest BCUT2D eigenvalue weighted by atomic mass is 10.1. The van der Waals surface area contributed by atoms with Crippen molar-refractivity contribution in [2.45, 2.75) is 19.4 Å². The second-order valence-corrected chi connectivity index (χ2v) is 4.66. The highest BCUT2D eigenvalue weighted by Gasteiger charge is 2.26. The van der Waals surface area contributed by atoms with Gasteiger partial charge in [-0.1, -0.05) is 19.1 Å². The third kappa shape index (κ3) is 4.27. The molecule has 0 unspecified atom stereocenters. The number of carbonyl (C=O) groups excluding carboxylic acids is 1. The van der Waals surface area contributed by atoms with Gasteiger partial charge in [0.1, 0.15) is 0 Å². The molecule has 0 atom stereocenters. The number of amides is 1. The Morgan fingerprint density at radius 2 is 1.94 bits per heavy atom. The molecular weight excluding hydrogens is 226 g/mol. The molecule has 0 aromatic carbocycles. The number of nitrogens with zero attached hydrogens (tertiary/aromatic N) is 2. The molecule has 0 aromatic rings. The van der Waals surface area contributed by atoms with Crippen LogP contribution in [0.1, 0.15) is 13.3 Å². The third-order valence-electron chi connectivity index (χ3n) is 3.18. The van der Waals surface area contributed by atoms with Gasteiger partial charge >= 0.3 is 0 Å². The van der Waals surface area contributed by atoms with Crippen molar-refractivity contribution in [1.82, 2.24) is 15.1 Å². The van der Waals surface area contributed by atoms with E-state index in [4.69, 9.17) is 0 Å². The van der Waals surface area contributed by atoms with Crippen molar-refractivity contribution in [1.29, 1.82) is 0 Å². The van der Waals surface area contributed by atoms with Crippen LogP contribution in [0, 0.1) is 0 Å². The minimum atomic E-state index is 0.162. The molecule has 0 bridgehead atoms. The first kappa shape index (κ1) is 14.9. The average Bonchev–Trinajstić information content (AvgIpc) is 2.26. The zero-order valence-electron chi connectivity index (χ0n) is 11.4. The topological polar surface area (TPSA) is 35.6 Å². The van der Waals surface area contributed by atoms with Gasteiger partial charge in [0, 0.05) is 32.2 Å². The summed E-state index contributed by atoms with van der Waals surface area (Å²) in [5, 5.41) is 3.25. The summed E-state index contributed by atoms with van der Waals surface area (Å²) >= 11 is 0. The molecule has 0 spiro atoms. The number of carbonyl (C=O) groups is 1. The summed E-state index contributed by atoms with van der Waals surface area (Å²) in [5.41, 5.74) is 0. The van der Waals surface area contributed by atoms with E-state index < -0.39 is 0 Å². The van der Waals surface area contributed by atoms with Gasteiger partial charge in [-0.2, -0.15) is 0 Å². The second-order valence-electron chi connectivity index (χ2n) is 4.66. The first-order chi connectivity index (χ1) is 8.72. The molecule has 102 valence electrons. The van der Waals surface area contributed by atoms with Crippen LogP contribution in [0.15, 0.2) is 25.3 Å². The van der Waals surface area contributed by atoms with Crippen LogP contribution < -0.4 is 5.32 Å². The molecule has 4 nitrogen and oxygen atoms in total. The summed E-state index contributed by atoms with van der Waals surface area (Å²) in [4.78, 5) is 16.3. The minimum absolute atomic E-state index is 0.162. The monoisotopic (exact) mass is 251 g/mol. The molecule has 1 rings (SSSR count). The van der Waals surface area contributed by atoms with Crippen molar-refractivity contribution in [2.75, 3.05) is 39.3 Å². The number of nitrogens with one attached hydrogen (secondary N) is 1. The van der Waals surface area contributed by atoms with Gasteiger partial charge in [-0.05, 0) is 13.0 Å². The van der Waals surface area contributed by atoms with E-state index in [2.05, 4.69) is 30.3 Å². The molecule has 18 heavy (non-hydrogen) atoms. The van der Waals surface area contributed by atoms with Gasteiger partial charge in [-0.15, -0.1) is 13.2 Å². The van der Waals surface area contributed by atoms with Crippen molar-refractivity contribution in [3.63, 3.8) is 0 Å². The number of rotatable bonds is 9. The van der Waals surface area contributed by atoms with E-state index in [9.17, 15) is 4.79 Å². The molecule has 1 aliphatic heterocycles. The maximum absolute atomic E-state index is 12.2. The lowest BCUT2D eigenvalue weighted by molar-refractivity contribution is -0.132. The van der Waals surface area contributed by atoms with E-state index in [1.54, 1.807) is 17.1 Å². The van der Waals surface area contributed by atoms with Gasteiger partial charge in [-0.25, -0.2) is 0 Å². The predicted octanol–water partition coefficient (Wildman–Crippen LogP) is 0.871. The molecule has 4 heteroatoms. The highest BCUT2D eigenvalue weighted by Crippen LogP contribution is 2.07. The van der Waals surface area contributed by atoms with E-state index in [0.717, 1.165) is 26.1 Å². The molecule has 1 amide bonds. The first-order valence-electron chi connectivity index (χ1n) is 6.67. The van der Waals surface area contributed by atoms with Gasteiger partial charge in [0.05, 0.1) is 6.54 Å². The number of hydrogen-bond acceptors (Lipinski definition) is 3. The van der Waals surface area contributed by atoms with Crippen LogP contribution in [0.25, 0.3) is 0 Å². The molecule has 0 aliphatic carbocycles. The zero-order valence-corrected chi connectivity index (χ0v) is 11.4. The SMILES string of the molecule is C=CCN(CC=C)C(=O)CN(CCC)C1CNC1. The molecule has 1 saturated heterocycles. The largest absolute Gasteiger partial charge is 0.334 e. The van der Waals surface area contributed by atoms with Crippen LogP contribution in [0.3, 0.4) is 0 Å². The van der Waals surface area contributed by atoms with E-state index in [-0.39, 0.29) is 5.91 Å². The number of hydrogen-bond donors (Lipinski definition) is 1. The van der Waals surface area contributed by atoms with Crippen molar-refractivity contribution >= 4 is 5.91 Å². The normalized spacial score (nSPS) is 15.2. The van der Waals surface area contributed by atoms with Gasteiger partial charge < -0.3 is 10.2 Å². The Kier molecular flexibility index (Phi) is 6.68. The Morgan fingerprint density at radius 1 is 1.33 bits per heavy atom. The van der Waals surface area contributed by atoms with E-state index in [1.807, 2.05) is 0 Å². The van der Waals surface area contributed by atoms with Crippen molar-refractivity contribution in [2.24, 2.45) is 0 Å². The van der Waals surface area contributed by atoms with Crippen molar-refractivity contribution in [3.05, 3.63) is 25.3 Å². The standard InChI is InChI=1S/C14H25N3O/c1-4-7-16(8-5-2)14(18)12-17(9-6-3)13-10-15-11-13/h4-5,13,15H,1-2,6-12H2,3H3. The molecule has 0 aromatic heterocycles. The molecule has 0 radical (unpaired) electrons. The minimum Gasteiger partial charge on any atom is -0.334 e. The fraction of sp³-hybridized carbons (Fsp3) is 0.643. The second kappa shape index (κ2) is 8.06. The summed E-state index contributed by atoms with van der Waals surface area (Å²) in [7, 11) is 0. The fourth-order valence-electron chi connectivity index (χ4n) is 2.07. The van der Waals surface area contributed by atoms with Gasteiger partial charge in [0.25, 0.3) is 0 Å². The Labute approximate surface area is 110 Å². The Hall–Kier alpha value is -1.13. The zero-order chi connectivity index (χ0) is 13.4. The van der Waals surface area contributed by atoms with Crippen molar-refractivity contribution in [3.8, 4) is 0 Å². The summed E-state index contributed by atoms with van der Waals surface area (Å²) in [6, 6.07) is 0.517. The Balaban J connectivity index is 2.51. The Bertz CT molecular complexity index is 277. The lowest BCUT2D eigenvalue weighted by Crippen LogP contribution is -2.59. The van der Waals surface area contributed by atoms with Gasteiger partial charge in [-0.3, -0.25) is 9.69 Å². The van der Waals surface area contributed by atoms with Crippen LogP contribution in [0.4, 0.5) is 0 Å². The van der Waals surface area contributed by atoms with Crippen LogP contribution in [-0.4, -0.2) is 61.0 Å². The lowest BCUT2D eigenvalue weighted by Gasteiger charge is -2.38. The third-order valence-corrected chi connectivity index (χ3v) is 3.18. The fourth-order valence-corrected chi connectivity index (χ4v) is 2.07. The van der Waals surface area contributed by atoms with Gasteiger partial charge in [0.2, 0.25) is 5.91 Å². The van der Waals surface area contributed by atoms with Crippen LogP contribution >= 0.6 is 0 Å². The van der Waals surface area contributed by atoms with E-state index in [0.29, 0.717) is 25.7 Å². The van der Waals surface area contributed by atoms with Gasteiger partial charge in [0.15, 0.2) is 0 Å². The molecule has 1 heterocycles. The molecule has 1 N–H and O–H groups in total. The highest BCUT2D eigenvalue weighted by atomic mass is 16.2. The maximum atomic E-state index is 12.2. The summed E-state index contributed by atoms with van der Waals surface area (Å²) in [6.07, 6.45) is 4.60. The van der Waals surface area contributed by atoms with Crippen LogP contribution in [0.5, 0.6) is 0 Å². The maximum Gasteiger partial charge on any atom is 0.237 e. The van der Waals surface area contributed by atoms with E-state index >= 15 is 0 Å². The Morgan fingerprint density at radius 3 is 2.33 bits per heavy atom. The average molecular weight is 251 g/mol. The highest BCUT2D eigenvalue weighted by molar-refractivity contribution is 5.78. The smallest absolute Gasteiger partial charge is 0.237 e. The summed E-state index contributed by atoms with van der Waals surface area (Å²) < 4.78 is 0. The predicted molar refractivity (Wildman–Crippen MR) is 75.5 cm³/mol. The molecule has 0 saturated carbocycles. The van der Waals surface area contributed by atoms with E-state index in [1.165, 1.54) is 0 Å². The summed E-state index contributed by atoms with van der Waals surface area (Å²) in [5.74, 6) is 0.162. The molecule has 1 aliphatic rings. The van der Waals surface area contributed by atoms with Crippen molar-refractivity contribution < 1.29 is 4.79 Å². The quantitative estimate of drug-likeness (QED) is 0.618. The van der Waals surface area contributed by atoms with Crippen LogP contribution in [-0.2, 0) is 4.79 Å². The van der Waals surface area contributed by atoms with Crippen LogP contribution in [0.2, 0.25) is 0 Å². The first-order valence-corrected chi connectivity index (χ1v) is 6.67. The summed E-state index contributed by atoms with van der Waals surface area (Å²) in [6.45, 7) is 14.2. The molecule has 1 fully saturated rings.